The molecular formula is C15H21ClO4S. The predicted octanol–water partition coefficient (Wildman–Crippen LogP) is 3.89. The van der Waals surface area contributed by atoms with Crippen LogP contribution in [0.4, 0.5) is 0 Å². The largest absolute Gasteiger partial charge is 0.462 e. The van der Waals surface area contributed by atoms with Gasteiger partial charge in [-0.3, -0.25) is 0 Å². The average molecular weight is 333 g/mol. The van der Waals surface area contributed by atoms with Crippen LogP contribution in [0.25, 0.3) is 0 Å². The number of ether oxygens (including phenoxy) is 1. The third-order valence-corrected chi connectivity index (χ3v) is 4.91. The highest BCUT2D eigenvalue weighted by atomic mass is 35.7. The number of halogens is 1. The maximum atomic E-state index is 12.2. The molecule has 0 radical (unpaired) electrons. The summed E-state index contributed by atoms with van der Waals surface area (Å²) < 4.78 is 28.6. The van der Waals surface area contributed by atoms with Crippen LogP contribution in [-0.2, 0) is 13.8 Å². The van der Waals surface area contributed by atoms with Crippen molar-refractivity contribution in [2.24, 2.45) is 0 Å². The van der Waals surface area contributed by atoms with E-state index in [1.807, 2.05) is 0 Å². The third-order valence-electron chi connectivity index (χ3n) is 3.33. The van der Waals surface area contributed by atoms with Crippen LogP contribution in [0.2, 0.25) is 0 Å². The monoisotopic (exact) mass is 332 g/mol. The van der Waals surface area contributed by atoms with Gasteiger partial charge >= 0.3 is 5.97 Å². The van der Waals surface area contributed by atoms with Gasteiger partial charge in [0.25, 0.3) is 9.05 Å². The van der Waals surface area contributed by atoms with Crippen molar-refractivity contribution >= 4 is 25.7 Å². The van der Waals surface area contributed by atoms with Crippen molar-refractivity contribution in [3.8, 4) is 0 Å². The normalized spacial score (nSPS) is 11.5. The number of rotatable bonds is 6. The first-order valence-corrected chi connectivity index (χ1v) is 9.23. The Morgan fingerprint density at radius 1 is 1.19 bits per heavy atom. The molecule has 0 aromatic heterocycles. The Morgan fingerprint density at radius 2 is 1.81 bits per heavy atom. The van der Waals surface area contributed by atoms with Crippen LogP contribution >= 0.6 is 10.7 Å². The summed E-state index contributed by atoms with van der Waals surface area (Å²) in [5.74, 6) is -0.498. The summed E-state index contributed by atoms with van der Waals surface area (Å²) in [6.45, 7) is 7.40. The van der Waals surface area contributed by atoms with Gasteiger partial charge in [-0.05, 0) is 43.9 Å². The summed E-state index contributed by atoms with van der Waals surface area (Å²) >= 11 is 0. The maximum Gasteiger partial charge on any atom is 0.338 e. The Morgan fingerprint density at radius 3 is 2.33 bits per heavy atom. The molecule has 0 aliphatic heterocycles. The molecule has 4 nitrogen and oxygen atoms in total. The lowest BCUT2D eigenvalue weighted by atomic mass is 10.00. The first-order chi connectivity index (χ1) is 9.70. The highest BCUT2D eigenvalue weighted by molar-refractivity contribution is 8.13. The smallest absolute Gasteiger partial charge is 0.338 e. The second kappa shape index (κ2) is 7.27. The lowest BCUT2D eigenvalue weighted by Gasteiger charge is -2.14. The van der Waals surface area contributed by atoms with Gasteiger partial charge in [-0.25, -0.2) is 13.2 Å². The van der Waals surface area contributed by atoms with E-state index >= 15 is 0 Å². The zero-order chi connectivity index (χ0) is 16.2. The molecule has 1 rings (SSSR count). The van der Waals surface area contributed by atoms with Crippen molar-refractivity contribution in [2.45, 2.75) is 51.9 Å². The lowest BCUT2D eigenvalue weighted by molar-refractivity contribution is 0.0496. The molecule has 0 bridgehead atoms. The van der Waals surface area contributed by atoms with E-state index in [1.165, 1.54) is 0 Å². The molecule has 0 aliphatic rings. The molecule has 0 aliphatic carbocycles. The Labute approximate surface area is 130 Å². The first kappa shape index (κ1) is 18.0. The van der Waals surface area contributed by atoms with Gasteiger partial charge in [-0.2, -0.15) is 0 Å². The van der Waals surface area contributed by atoms with Gasteiger partial charge in [0, 0.05) is 10.7 Å². The molecule has 118 valence electrons. The molecule has 21 heavy (non-hydrogen) atoms. The van der Waals surface area contributed by atoms with Crippen LogP contribution in [0.3, 0.4) is 0 Å². The van der Waals surface area contributed by atoms with E-state index in [0.717, 1.165) is 19.3 Å². The number of hydrogen-bond acceptors (Lipinski definition) is 4. The molecule has 0 heterocycles. The second-order valence-electron chi connectivity index (χ2n) is 5.12. The molecule has 0 saturated heterocycles. The number of carbonyl (C=O) groups excluding carboxylic acids is 1. The fraction of sp³-hybridized carbons (Fsp3) is 0.533. The van der Waals surface area contributed by atoms with E-state index < -0.39 is 15.0 Å². The quantitative estimate of drug-likeness (QED) is 0.450. The minimum atomic E-state index is -3.90. The van der Waals surface area contributed by atoms with E-state index in [9.17, 15) is 13.2 Å². The van der Waals surface area contributed by atoms with Crippen molar-refractivity contribution in [2.75, 3.05) is 6.61 Å². The van der Waals surface area contributed by atoms with Crippen LogP contribution in [0.5, 0.6) is 0 Å². The molecule has 1 aromatic carbocycles. The fourth-order valence-corrected chi connectivity index (χ4v) is 4.07. The summed E-state index contributed by atoms with van der Waals surface area (Å²) in [6, 6.07) is 1.64. The van der Waals surface area contributed by atoms with Gasteiger partial charge in [0.15, 0.2) is 0 Å². The summed E-state index contributed by atoms with van der Waals surface area (Å²) in [4.78, 5) is 12.2. The van der Waals surface area contributed by atoms with Crippen molar-refractivity contribution < 1.29 is 17.9 Å². The van der Waals surface area contributed by atoms with Gasteiger partial charge in [0.1, 0.15) is 0 Å². The van der Waals surface area contributed by atoms with E-state index in [-0.39, 0.29) is 10.5 Å². The van der Waals surface area contributed by atoms with Crippen LogP contribution in [0, 0.1) is 20.8 Å². The molecule has 0 unspecified atom stereocenters. The fourth-order valence-electron chi connectivity index (χ4n) is 2.45. The maximum absolute atomic E-state index is 12.2. The summed E-state index contributed by atoms with van der Waals surface area (Å²) in [6.07, 6.45) is 2.82. The molecule has 6 heteroatoms. The Balaban J connectivity index is 3.16. The van der Waals surface area contributed by atoms with Crippen LogP contribution in [0.15, 0.2) is 11.0 Å². The SMILES string of the molecule is CCCCCOC(=O)c1c(C)cc(C)c(S(=O)(=O)Cl)c1C. The third kappa shape index (κ3) is 4.45. The van der Waals surface area contributed by atoms with Crippen molar-refractivity contribution in [3.63, 3.8) is 0 Å². The van der Waals surface area contributed by atoms with Crippen molar-refractivity contribution in [1.82, 2.24) is 0 Å². The van der Waals surface area contributed by atoms with Gasteiger partial charge < -0.3 is 4.74 Å². The minimum Gasteiger partial charge on any atom is -0.462 e. The topological polar surface area (TPSA) is 60.4 Å². The molecule has 0 saturated carbocycles. The Kier molecular flexibility index (Phi) is 6.23. The van der Waals surface area contributed by atoms with E-state index in [1.54, 1.807) is 26.8 Å². The van der Waals surface area contributed by atoms with E-state index in [0.29, 0.717) is 23.3 Å². The Hall–Kier alpha value is -1.07. The van der Waals surface area contributed by atoms with Crippen LogP contribution in [0.1, 0.15) is 53.2 Å². The number of esters is 1. The number of hydrogen-bond donors (Lipinski definition) is 0. The molecular weight excluding hydrogens is 312 g/mol. The first-order valence-electron chi connectivity index (χ1n) is 6.92. The van der Waals surface area contributed by atoms with Crippen molar-refractivity contribution in [1.29, 1.82) is 0 Å². The number of aryl methyl sites for hydroxylation is 2. The molecule has 0 N–H and O–H groups in total. The van der Waals surface area contributed by atoms with Gasteiger partial charge in [-0.1, -0.05) is 25.8 Å². The highest BCUT2D eigenvalue weighted by Crippen LogP contribution is 2.29. The molecule has 0 spiro atoms. The number of carbonyl (C=O) groups is 1. The summed E-state index contributed by atoms with van der Waals surface area (Å²) in [7, 11) is 1.56. The average Bonchev–Trinajstić information content (AvgIpc) is 2.32. The number of benzene rings is 1. The summed E-state index contributed by atoms with van der Waals surface area (Å²) in [5, 5.41) is 0. The van der Waals surface area contributed by atoms with Gasteiger partial charge in [0.2, 0.25) is 0 Å². The Bertz CT molecular complexity index is 636. The van der Waals surface area contributed by atoms with Crippen LogP contribution < -0.4 is 0 Å². The van der Waals surface area contributed by atoms with Crippen LogP contribution in [-0.4, -0.2) is 21.0 Å². The minimum absolute atomic E-state index is 0.00438. The molecule has 0 amide bonds. The van der Waals surface area contributed by atoms with E-state index in [2.05, 4.69) is 6.92 Å². The number of unbranched alkanes of at least 4 members (excludes halogenated alkanes) is 2. The lowest BCUT2D eigenvalue weighted by Crippen LogP contribution is -2.13. The zero-order valence-corrected chi connectivity index (χ0v) is 14.4. The zero-order valence-electron chi connectivity index (χ0n) is 12.8. The van der Waals surface area contributed by atoms with Crippen molar-refractivity contribution in [3.05, 3.63) is 28.3 Å². The standard InChI is InChI=1S/C15H21ClO4S/c1-5-6-7-8-20-15(17)13-10(2)9-11(3)14(12(13)4)21(16,18)19/h9H,5-8H2,1-4H3. The molecule has 0 fully saturated rings. The summed E-state index contributed by atoms with van der Waals surface area (Å²) in [5.41, 5.74) is 1.86. The van der Waals surface area contributed by atoms with Gasteiger partial charge in [-0.15, -0.1) is 0 Å². The molecule has 0 atom stereocenters. The predicted molar refractivity (Wildman–Crippen MR) is 83.5 cm³/mol. The second-order valence-corrected chi connectivity index (χ2v) is 7.62. The highest BCUT2D eigenvalue weighted by Gasteiger charge is 2.24. The van der Waals surface area contributed by atoms with Gasteiger partial charge in [0.05, 0.1) is 17.1 Å². The molecule has 1 aromatic rings. The van der Waals surface area contributed by atoms with E-state index in [4.69, 9.17) is 15.4 Å².